The Bertz CT molecular complexity index is 535. The van der Waals surface area contributed by atoms with Crippen LogP contribution in [0.1, 0.15) is 12.5 Å². The number of hydrogen-bond donors (Lipinski definition) is 3. The van der Waals surface area contributed by atoms with E-state index in [9.17, 15) is 9.59 Å². The summed E-state index contributed by atoms with van der Waals surface area (Å²) < 4.78 is 0. The molecule has 3 N–H and O–H groups in total. The topological polar surface area (TPSA) is 62.6 Å². The average molecular weight is 288 g/mol. The van der Waals surface area contributed by atoms with Gasteiger partial charge in [0.25, 0.3) is 11.8 Å². The lowest BCUT2D eigenvalue weighted by atomic mass is 10.1. The summed E-state index contributed by atoms with van der Waals surface area (Å²) in [5.74, 6) is 2.06. The minimum atomic E-state index is -0.160. The predicted molar refractivity (Wildman–Crippen MR) is 82.9 cm³/mol. The van der Waals surface area contributed by atoms with Crippen LogP contribution in [-0.4, -0.2) is 38.5 Å². The molecule has 2 amide bonds. The number of carbonyl (C=O) groups excluding carboxylic acids is 2. The number of terminal acetylenes is 1. The maximum atomic E-state index is 12.0. The van der Waals surface area contributed by atoms with Crippen molar-refractivity contribution in [2.24, 2.45) is 0 Å². The summed E-state index contributed by atoms with van der Waals surface area (Å²) in [5, 5.41) is 5.46. The molecule has 0 aliphatic heterocycles. The van der Waals surface area contributed by atoms with E-state index in [2.05, 4.69) is 16.6 Å². The van der Waals surface area contributed by atoms with E-state index in [1.54, 1.807) is 7.05 Å². The molecular formula is C16H22N3O2+. The fraction of sp³-hybridized carbons (Fsp3) is 0.375. The molecule has 1 atom stereocenters. The number of benzene rings is 1. The molecule has 1 rings (SSSR count). The molecule has 0 fully saturated rings. The van der Waals surface area contributed by atoms with Gasteiger partial charge in [0.05, 0.1) is 13.6 Å². The summed E-state index contributed by atoms with van der Waals surface area (Å²) in [4.78, 5) is 24.3. The zero-order chi connectivity index (χ0) is 15.7. The van der Waals surface area contributed by atoms with Gasteiger partial charge in [-0.15, -0.1) is 6.42 Å². The van der Waals surface area contributed by atoms with Crippen LogP contribution >= 0.6 is 0 Å². The quantitative estimate of drug-likeness (QED) is 0.590. The van der Waals surface area contributed by atoms with Gasteiger partial charge in [0.1, 0.15) is 0 Å². The van der Waals surface area contributed by atoms with E-state index in [4.69, 9.17) is 6.42 Å². The minimum Gasteiger partial charge on any atom is -0.340 e. The van der Waals surface area contributed by atoms with Crippen LogP contribution < -0.4 is 15.5 Å². The molecule has 1 aromatic rings. The molecule has 0 aliphatic carbocycles. The third-order valence-corrected chi connectivity index (χ3v) is 2.98. The number of nitrogens with one attached hydrogen (secondary N) is 3. The summed E-state index contributed by atoms with van der Waals surface area (Å²) in [6.07, 6.45) is 5.92. The third-order valence-electron chi connectivity index (χ3n) is 2.98. The van der Waals surface area contributed by atoms with E-state index < -0.39 is 0 Å². The molecule has 0 saturated carbocycles. The van der Waals surface area contributed by atoms with Crippen molar-refractivity contribution in [2.45, 2.75) is 13.3 Å². The number of quaternary nitrogens is 1. The number of hydrogen-bond acceptors (Lipinski definition) is 2. The molecule has 0 bridgehead atoms. The average Bonchev–Trinajstić information content (AvgIpc) is 2.45. The summed E-state index contributed by atoms with van der Waals surface area (Å²) in [6, 6.07) is 7.70. The van der Waals surface area contributed by atoms with Crippen molar-refractivity contribution in [3.05, 3.63) is 29.8 Å². The molecule has 0 aromatic heterocycles. The Kier molecular flexibility index (Phi) is 6.99. The highest BCUT2D eigenvalue weighted by molar-refractivity contribution is 5.92. The van der Waals surface area contributed by atoms with E-state index in [0.29, 0.717) is 0 Å². The lowest BCUT2D eigenvalue weighted by Gasteiger charge is -2.14. The van der Waals surface area contributed by atoms with Crippen molar-refractivity contribution < 1.29 is 14.5 Å². The van der Waals surface area contributed by atoms with Crippen LogP contribution in [0.4, 0.5) is 5.69 Å². The summed E-state index contributed by atoms with van der Waals surface area (Å²) in [7, 11) is 1.79. The molecule has 112 valence electrons. The molecule has 0 spiro atoms. The first-order valence-corrected chi connectivity index (χ1v) is 6.96. The van der Waals surface area contributed by atoms with Crippen molar-refractivity contribution >= 4 is 17.5 Å². The van der Waals surface area contributed by atoms with Crippen molar-refractivity contribution in [2.75, 3.05) is 32.0 Å². The molecule has 0 saturated heterocycles. The molecule has 0 heterocycles. The zero-order valence-electron chi connectivity index (χ0n) is 12.5. The lowest BCUT2D eigenvalue weighted by Crippen LogP contribution is -3.11. The summed E-state index contributed by atoms with van der Waals surface area (Å²) >= 11 is 0. The highest BCUT2D eigenvalue weighted by Gasteiger charge is 2.14. The van der Waals surface area contributed by atoms with Crippen LogP contribution in [0.25, 0.3) is 0 Å². The zero-order valence-corrected chi connectivity index (χ0v) is 12.5. The Morgan fingerprint density at radius 2 is 1.90 bits per heavy atom. The Balaban J connectivity index is 2.46. The first kappa shape index (κ1) is 16.7. The molecule has 5 heteroatoms. The van der Waals surface area contributed by atoms with Crippen LogP contribution in [-0.2, 0) is 16.0 Å². The number of carbonyl (C=O) groups is 2. The van der Waals surface area contributed by atoms with Crippen LogP contribution in [0, 0.1) is 12.3 Å². The van der Waals surface area contributed by atoms with Crippen LogP contribution in [0.15, 0.2) is 24.3 Å². The largest absolute Gasteiger partial charge is 0.340 e. The van der Waals surface area contributed by atoms with Crippen molar-refractivity contribution in [1.29, 1.82) is 0 Å². The fourth-order valence-corrected chi connectivity index (χ4v) is 1.97. The highest BCUT2D eigenvalue weighted by Crippen LogP contribution is 2.14. The highest BCUT2D eigenvalue weighted by atomic mass is 16.2. The number of rotatable bonds is 7. The molecule has 21 heavy (non-hydrogen) atoms. The molecule has 0 aliphatic rings. The number of para-hydroxylation sites is 1. The number of anilines is 1. The Morgan fingerprint density at radius 1 is 1.24 bits per heavy atom. The van der Waals surface area contributed by atoms with E-state index in [1.165, 1.54) is 0 Å². The molecule has 1 unspecified atom stereocenters. The first-order valence-electron chi connectivity index (χ1n) is 6.96. The minimum absolute atomic E-state index is 0.113. The maximum Gasteiger partial charge on any atom is 0.279 e. The Morgan fingerprint density at radius 3 is 2.57 bits per heavy atom. The number of aryl methyl sites for hydroxylation is 1. The van der Waals surface area contributed by atoms with Gasteiger partial charge in [0.15, 0.2) is 13.1 Å². The normalized spacial score (nSPS) is 11.3. The van der Waals surface area contributed by atoms with Gasteiger partial charge >= 0.3 is 0 Å². The fourth-order valence-electron chi connectivity index (χ4n) is 1.97. The Labute approximate surface area is 125 Å². The standard InChI is InChI=1S/C16H21N3O2/c1-4-10-17-15(20)11-19(3)12-16(21)18-14-9-7-6-8-13(14)5-2/h1,6-9H,5,10-12H2,2-3H3,(H,17,20)(H,18,21)/p+1. The predicted octanol–water partition coefficient (Wildman–Crippen LogP) is -0.548. The van der Waals surface area contributed by atoms with Gasteiger partial charge in [-0.25, -0.2) is 0 Å². The van der Waals surface area contributed by atoms with E-state index in [-0.39, 0.29) is 31.4 Å². The molecular weight excluding hydrogens is 266 g/mol. The van der Waals surface area contributed by atoms with Crippen LogP contribution in [0.3, 0.4) is 0 Å². The van der Waals surface area contributed by atoms with Crippen molar-refractivity contribution in [1.82, 2.24) is 5.32 Å². The number of likely N-dealkylation sites (N-methyl/N-ethyl adjacent to an activating group) is 1. The molecule has 1 aromatic carbocycles. The second-order valence-electron chi connectivity index (χ2n) is 4.85. The monoisotopic (exact) mass is 288 g/mol. The molecule has 0 radical (unpaired) electrons. The SMILES string of the molecule is C#CCNC(=O)C[NH+](C)CC(=O)Nc1ccccc1CC. The van der Waals surface area contributed by atoms with Gasteiger partial charge < -0.3 is 15.5 Å². The number of amides is 2. The van der Waals surface area contributed by atoms with Crippen molar-refractivity contribution in [3.8, 4) is 12.3 Å². The maximum absolute atomic E-state index is 12.0. The smallest absolute Gasteiger partial charge is 0.279 e. The second-order valence-corrected chi connectivity index (χ2v) is 4.85. The second kappa shape index (κ2) is 8.77. The third kappa shape index (κ3) is 6.11. The van der Waals surface area contributed by atoms with E-state index >= 15 is 0 Å². The van der Waals surface area contributed by atoms with Crippen LogP contribution in [0.2, 0.25) is 0 Å². The van der Waals surface area contributed by atoms with E-state index in [1.807, 2.05) is 31.2 Å². The lowest BCUT2D eigenvalue weighted by molar-refractivity contribution is -0.862. The van der Waals surface area contributed by atoms with Gasteiger partial charge in [0.2, 0.25) is 0 Å². The van der Waals surface area contributed by atoms with Crippen molar-refractivity contribution in [3.63, 3.8) is 0 Å². The van der Waals surface area contributed by atoms with E-state index in [0.717, 1.165) is 22.6 Å². The summed E-state index contributed by atoms with van der Waals surface area (Å²) in [6.45, 7) is 2.69. The van der Waals surface area contributed by atoms with Gasteiger partial charge in [-0.1, -0.05) is 31.0 Å². The first-order chi connectivity index (χ1) is 10.1. The summed E-state index contributed by atoms with van der Waals surface area (Å²) in [5.41, 5.74) is 1.92. The van der Waals surface area contributed by atoms with Crippen LogP contribution in [0.5, 0.6) is 0 Å². The van der Waals surface area contributed by atoms with Gasteiger partial charge in [-0.2, -0.15) is 0 Å². The molecule has 5 nitrogen and oxygen atoms in total. The van der Waals surface area contributed by atoms with Gasteiger partial charge in [-0.05, 0) is 18.1 Å². The van der Waals surface area contributed by atoms with Gasteiger partial charge in [-0.3, -0.25) is 9.59 Å². The Hall–Kier alpha value is -2.32. The van der Waals surface area contributed by atoms with Gasteiger partial charge in [0, 0.05) is 5.69 Å².